The molecule has 0 aliphatic carbocycles. The van der Waals surface area contributed by atoms with E-state index < -0.39 is 0 Å². The zero-order valence-corrected chi connectivity index (χ0v) is 16.6. The van der Waals surface area contributed by atoms with E-state index in [1.54, 1.807) is 11.3 Å². The molecule has 1 aliphatic rings. The molecule has 2 aromatic heterocycles. The van der Waals surface area contributed by atoms with E-state index in [2.05, 4.69) is 48.6 Å². The summed E-state index contributed by atoms with van der Waals surface area (Å²) in [6.07, 6.45) is 0. The van der Waals surface area contributed by atoms with Crippen LogP contribution in [0.2, 0.25) is 0 Å². The van der Waals surface area contributed by atoms with Gasteiger partial charge in [0.25, 0.3) is 5.91 Å². The molecule has 26 heavy (non-hydrogen) atoms. The molecular formula is C19H20BrN3O2S. The Morgan fingerprint density at radius 3 is 2.92 bits per heavy atom. The third-order valence-corrected chi connectivity index (χ3v) is 6.11. The Labute approximate surface area is 164 Å². The number of benzene rings is 1. The van der Waals surface area contributed by atoms with Crippen molar-refractivity contribution in [1.82, 2.24) is 15.2 Å². The Morgan fingerprint density at radius 2 is 2.15 bits per heavy atom. The lowest BCUT2D eigenvalue weighted by atomic mass is 10.2. The molecule has 1 fully saturated rings. The molecule has 0 saturated carbocycles. The third kappa shape index (κ3) is 3.86. The van der Waals surface area contributed by atoms with Crippen LogP contribution in [0, 0.1) is 0 Å². The number of hydrogen-bond acceptors (Lipinski definition) is 4. The molecule has 0 bridgehead atoms. The second kappa shape index (κ2) is 7.92. The molecule has 2 N–H and O–H groups in total. The second-order valence-electron chi connectivity index (χ2n) is 6.30. The largest absolute Gasteiger partial charge is 0.379 e. The molecule has 3 aromatic rings. The summed E-state index contributed by atoms with van der Waals surface area (Å²) in [4.78, 5) is 19.5. The van der Waals surface area contributed by atoms with Gasteiger partial charge in [-0.05, 0) is 29.6 Å². The van der Waals surface area contributed by atoms with Gasteiger partial charge < -0.3 is 15.0 Å². The molecule has 7 heteroatoms. The van der Waals surface area contributed by atoms with Crippen LogP contribution >= 0.6 is 27.3 Å². The summed E-state index contributed by atoms with van der Waals surface area (Å²) in [5.41, 5.74) is 1.54. The predicted molar refractivity (Wildman–Crippen MR) is 108 cm³/mol. The van der Waals surface area contributed by atoms with Gasteiger partial charge in [0.15, 0.2) is 0 Å². The molecule has 1 atom stereocenters. The van der Waals surface area contributed by atoms with Gasteiger partial charge in [-0.15, -0.1) is 11.3 Å². The lowest BCUT2D eigenvalue weighted by Gasteiger charge is -2.34. The fraction of sp³-hybridized carbons (Fsp3) is 0.316. The molecule has 1 saturated heterocycles. The lowest BCUT2D eigenvalue weighted by Crippen LogP contribution is -2.43. The standard InChI is InChI=1S/C19H20BrN3O2S/c20-14-4-3-13-10-16(22-15(13)11-14)19(24)21-12-17(18-2-1-9-26-18)23-5-7-25-8-6-23/h1-4,9-11,17,22H,5-8,12H2,(H,21,24)/t17-/m0/s1. The normalized spacial score (nSPS) is 16.7. The van der Waals surface area contributed by atoms with E-state index in [9.17, 15) is 4.79 Å². The van der Waals surface area contributed by atoms with Crippen LogP contribution in [0.25, 0.3) is 10.9 Å². The monoisotopic (exact) mass is 433 g/mol. The zero-order valence-electron chi connectivity index (χ0n) is 14.2. The number of thiophene rings is 1. The number of carbonyl (C=O) groups is 1. The first kappa shape index (κ1) is 17.7. The number of aromatic amines is 1. The number of morpholine rings is 1. The Balaban J connectivity index is 1.48. The molecule has 1 amide bonds. The van der Waals surface area contributed by atoms with E-state index in [-0.39, 0.29) is 11.9 Å². The van der Waals surface area contributed by atoms with Gasteiger partial charge in [0, 0.05) is 39.9 Å². The predicted octanol–water partition coefficient (Wildman–Crippen LogP) is 3.80. The summed E-state index contributed by atoms with van der Waals surface area (Å²) in [6.45, 7) is 3.84. The van der Waals surface area contributed by atoms with Crippen molar-refractivity contribution in [3.8, 4) is 0 Å². The van der Waals surface area contributed by atoms with Gasteiger partial charge >= 0.3 is 0 Å². The molecule has 136 valence electrons. The highest BCUT2D eigenvalue weighted by molar-refractivity contribution is 9.10. The highest BCUT2D eigenvalue weighted by atomic mass is 79.9. The van der Waals surface area contributed by atoms with E-state index in [1.165, 1.54) is 4.88 Å². The third-order valence-electron chi connectivity index (χ3n) is 4.64. The summed E-state index contributed by atoms with van der Waals surface area (Å²) in [5, 5.41) is 6.21. The van der Waals surface area contributed by atoms with Crippen LogP contribution < -0.4 is 5.32 Å². The van der Waals surface area contributed by atoms with E-state index in [0.717, 1.165) is 41.7 Å². The van der Waals surface area contributed by atoms with Crippen LogP contribution in [0.4, 0.5) is 0 Å². The van der Waals surface area contributed by atoms with Crippen LogP contribution in [0.1, 0.15) is 21.4 Å². The summed E-state index contributed by atoms with van der Waals surface area (Å²) in [5.74, 6) is -0.0767. The van der Waals surface area contributed by atoms with Gasteiger partial charge in [-0.3, -0.25) is 9.69 Å². The van der Waals surface area contributed by atoms with E-state index >= 15 is 0 Å². The van der Waals surface area contributed by atoms with Crippen LogP contribution in [0.5, 0.6) is 0 Å². The van der Waals surface area contributed by atoms with Crippen LogP contribution in [0.15, 0.2) is 46.3 Å². The molecule has 1 aliphatic heterocycles. The Morgan fingerprint density at radius 1 is 1.31 bits per heavy atom. The topological polar surface area (TPSA) is 57.4 Å². The maximum absolute atomic E-state index is 12.7. The number of carbonyl (C=O) groups excluding carboxylic acids is 1. The number of hydrogen-bond donors (Lipinski definition) is 2. The molecule has 0 spiro atoms. The number of halogens is 1. The van der Waals surface area contributed by atoms with Gasteiger partial charge in [-0.1, -0.05) is 28.1 Å². The number of H-pyrrole nitrogens is 1. The molecule has 0 radical (unpaired) electrons. The quantitative estimate of drug-likeness (QED) is 0.643. The Bertz CT molecular complexity index is 887. The van der Waals surface area contributed by atoms with Gasteiger partial charge in [0.05, 0.1) is 19.3 Å². The Kier molecular flexibility index (Phi) is 5.40. The zero-order chi connectivity index (χ0) is 17.9. The summed E-state index contributed by atoms with van der Waals surface area (Å²) in [7, 11) is 0. The first-order valence-electron chi connectivity index (χ1n) is 8.62. The van der Waals surface area contributed by atoms with Crippen molar-refractivity contribution in [3.63, 3.8) is 0 Å². The molecule has 5 nitrogen and oxygen atoms in total. The molecule has 1 aromatic carbocycles. The number of rotatable bonds is 5. The van der Waals surface area contributed by atoms with Crippen molar-refractivity contribution in [1.29, 1.82) is 0 Å². The van der Waals surface area contributed by atoms with Crippen LogP contribution in [0.3, 0.4) is 0 Å². The van der Waals surface area contributed by atoms with Crippen LogP contribution in [-0.4, -0.2) is 48.6 Å². The lowest BCUT2D eigenvalue weighted by molar-refractivity contribution is 0.0169. The van der Waals surface area contributed by atoms with E-state index in [0.29, 0.717) is 12.2 Å². The average Bonchev–Trinajstić information content (AvgIpc) is 3.32. The van der Waals surface area contributed by atoms with Crippen molar-refractivity contribution >= 4 is 44.1 Å². The second-order valence-corrected chi connectivity index (χ2v) is 8.20. The minimum atomic E-state index is -0.0767. The first-order chi connectivity index (χ1) is 12.7. The summed E-state index contributed by atoms with van der Waals surface area (Å²) < 4.78 is 6.46. The van der Waals surface area contributed by atoms with Gasteiger partial charge in [-0.2, -0.15) is 0 Å². The fourth-order valence-electron chi connectivity index (χ4n) is 3.29. The number of aromatic nitrogens is 1. The maximum atomic E-state index is 12.7. The fourth-order valence-corrected chi connectivity index (χ4v) is 4.51. The van der Waals surface area contributed by atoms with Crippen molar-refractivity contribution in [2.75, 3.05) is 32.8 Å². The van der Waals surface area contributed by atoms with Gasteiger partial charge in [0.2, 0.25) is 0 Å². The van der Waals surface area contributed by atoms with Crippen molar-refractivity contribution in [2.24, 2.45) is 0 Å². The maximum Gasteiger partial charge on any atom is 0.267 e. The number of fused-ring (bicyclic) bond motifs is 1. The molecule has 4 rings (SSSR count). The highest BCUT2D eigenvalue weighted by Gasteiger charge is 2.24. The van der Waals surface area contributed by atoms with Crippen molar-refractivity contribution in [3.05, 3.63) is 56.8 Å². The number of nitrogens with one attached hydrogen (secondary N) is 2. The number of ether oxygens (including phenoxy) is 1. The highest BCUT2D eigenvalue weighted by Crippen LogP contribution is 2.26. The molecular weight excluding hydrogens is 414 g/mol. The van der Waals surface area contributed by atoms with Gasteiger partial charge in [0.1, 0.15) is 5.69 Å². The first-order valence-corrected chi connectivity index (χ1v) is 10.3. The Hall–Kier alpha value is -1.67. The molecule has 0 unspecified atom stereocenters. The van der Waals surface area contributed by atoms with E-state index in [1.807, 2.05) is 24.3 Å². The summed E-state index contributed by atoms with van der Waals surface area (Å²) >= 11 is 5.19. The molecule has 3 heterocycles. The SMILES string of the molecule is O=C(NC[C@@H](c1cccs1)N1CCOCC1)c1cc2ccc(Br)cc2[nH]1. The smallest absolute Gasteiger partial charge is 0.267 e. The van der Waals surface area contributed by atoms with Crippen molar-refractivity contribution in [2.45, 2.75) is 6.04 Å². The number of amides is 1. The van der Waals surface area contributed by atoms with E-state index in [4.69, 9.17) is 4.74 Å². The average molecular weight is 434 g/mol. The minimum absolute atomic E-state index is 0.0767. The minimum Gasteiger partial charge on any atom is -0.379 e. The summed E-state index contributed by atoms with van der Waals surface area (Å²) in [6, 6.07) is 12.2. The van der Waals surface area contributed by atoms with Gasteiger partial charge in [-0.25, -0.2) is 0 Å². The van der Waals surface area contributed by atoms with Crippen LogP contribution in [-0.2, 0) is 4.74 Å². The number of nitrogens with zero attached hydrogens (tertiary/aromatic N) is 1. The van der Waals surface area contributed by atoms with Crippen molar-refractivity contribution < 1.29 is 9.53 Å².